The van der Waals surface area contributed by atoms with Gasteiger partial charge in [0.2, 0.25) is 0 Å². The van der Waals surface area contributed by atoms with E-state index in [1.807, 2.05) is 18.2 Å². The summed E-state index contributed by atoms with van der Waals surface area (Å²) in [5.41, 5.74) is 6.03. The van der Waals surface area contributed by atoms with Crippen molar-refractivity contribution in [2.75, 3.05) is 0 Å². The highest BCUT2D eigenvalue weighted by Gasteiger charge is 2.20. The predicted octanol–water partition coefficient (Wildman–Crippen LogP) is 11.8. The minimum absolute atomic E-state index is 0.0763. The average Bonchev–Trinajstić information content (AvgIpc) is 3.56. The van der Waals surface area contributed by atoms with E-state index >= 15 is 0 Å². The molecule has 2 aromatic heterocycles. The Kier molecular flexibility index (Phi) is 6.28. The standard InChI is InChI=1S/C45H29N3O/c1-2-12-29(13-3-1)43-46-44(31-23-24-33-30(27-31)22-21-28-11-4-5-14-32(28)33)48-45(47-43)38-26-25-36(34-15-6-7-16-35(34)38)37-18-10-20-41-42(37)39-17-8-9-19-40(39)49-41/h1-12,14-27,29H,13H2. The van der Waals surface area contributed by atoms with Crippen molar-refractivity contribution < 1.29 is 4.42 Å². The van der Waals surface area contributed by atoms with Gasteiger partial charge in [-0.2, -0.15) is 0 Å². The van der Waals surface area contributed by atoms with Gasteiger partial charge in [0.25, 0.3) is 0 Å². The average molecular weight is 628 g/mol. The van der Waals surface area contributed by atoms with Crippen LogP contribution < -0.4 is 0 Å². The predicted molar refractivity (Wildman–Crippen MR) is 202 cm³/mol. The fraction of sp³-hybridized carbons (Fsp3) is 0.0444. The molecule has 49 heavy (non-hydrogen) atoms. The van der Waals surface area contributed by atoms with Gasteiger partial charge in [0.1, 0.15) is 17.0 Å². The Bertz CT molecular complexity index is 2820. The van der Waals surface area contributed by atoms with E-state index in [1.165, 1.54) is 16.2 Å². The van der Waals surface area contributed by atoms with E-state index < -0.39 is 0 Å². The van der Waals surface area contributed by atoms with Crippen LogP contribution in [0.4, 0.5) is 0 Å². The Morgan fingerprint density at radius 2 is 1.20 bits per heavy atom. The van der Waals surface area contributed by atoms with Gasteiger partial charge >= 0.3 is 0 Å². The zero-order chi connectivity index (χ0) is 32.3. The number of fused-ring (bicyclic) bond motifs is 7. The summed E-state index contributed by atoms with van der Waals surface area (Å²) in [6.07, 6.45) is 9.39. The summed E-state index contributed by atoms with van der Waals surface area (Å²) < 4.78 is 6.26. The van der Waals surface area contributed by atoms with Crippen LogP contribution in [-0.2, 0) is 0 Å². The van der Waals surface area contributed by atoms with Crippen LogP contribution in [0.3, 0.4) is 0 Å². The molecule has 4 nitrogen and oxygen atoms in total. The normalized spacial score (nSPS) is 14.5. The number of furan rings is 1. The zero-order valence-electron chi connectivity index (χ0n) is 26.5. The molecule has 2 heterocycles. The number of hydrogen-bond donors (Lipinski definition) is 0. The third-order valence-electron chi connectivity index (χ3n) is 9.83. The lowest BCUT2D eigenvalue weighted by Gasteiger charge is -2.16. The van der Waals surface area contributed by atoms with E-state index in [-0.39, 0.29) is 5.92 Å². The molecule has 0 radical (unpaired) electrons. The molecule has 4 heteroatoms. The molecule has 1 aliphatic rings. The molecule has 0 bridgehead atoms. The minimum Gasteiger partial charge on any atom is -0.456 e. The van der Waals surface area contributed by atoms with Gasteiger partial charge in [-0.15, -0.1) is 0 Å². The van der Waals surface area contributed by atoms with Gasteiger partial charge in [-0.1, -0.05) is 133 Å². The number of allylic oxidation sites excluding steroid dienone is 4. The SMILES string of the molecule is C1=CCC(c2nc(-c3ccc4c(ccc5ccccc54)c3)nc(-c3ccc(-c4cccc5oc6ccccc6c45)c4ccccc34)n2)C=C1. The third kappa shape index (κ3) is 4.56. The van der Waals surface area contributed by atoms with Crippen molar-refractivity contribution in [3.8, 4) is 33.9 Å². The Morgan fingerprint density at radius 3 is 2.08 bits per heavy atom. The summed E-state index contributed by atoms with van der Waals surface area (Å²) in [5.74, 6) is 2.21. The van der Waals surface area contributed by atoms with Gasteiger partial charge in [0.15, 0.2) is 11.6 Å². The fourth-order valence-corrected chi connectivity index (χ4v) is 7.46. The van der Waals surface area contributed by atoms with Gasteiger partial charge < -0.3 is 4.42 Å². The molecule has 0 spiro atoms. The molecule has 0 fully saturated rings. The molecule has 0 amide bonds. The summed E-state index contributed by atoms with van der Waals surface area (Å²) in [4.78, 5) is 15.5. The lowest BCUT2D eigenvalue weighted by Crippen LogP contribution is -2.08. The number of benzene rings is 7. The van der Waals surface area contributed by atoms with Crippen molar-refractivity contribution in [1.82, 2.24) is 15.0 Å². The first kappa shape index (κ1) is 27.7. The lowest BCUT2D eigenvalue weighted by atomic mass is 9.92. The first-order valence-electron chi connectivity index (χ1n) is 16.7. The van der Waals surface area contributed by atoms with Crippen LogP contribution in [0.2, 0.25) is 0 Å². The van der Waals surface area contributed by atoms with E-state index in [9.17, 15) is 0 Å². The quantitative estimate of drug-likeness (QED) is 0.182. The number of aromatic nitrogens is 3. The smallest absolute Gasteiger partial charge is 0.164 e. The monoisotopic (exact) mass is 627 g/mol. The van der Waals surface area contributed by atoms with E-state index in [2.05, 4.69) is 140 Å². The first-order valence-corrected chi connectivity index (χ1v) is 16.7. The van der Waals surface area contributed by atoms with Crippen molar-refractivity contribution in [1.29, 1.82) is 0 Å². The van der Waals surface area contributed by atoms with E-state index in [0.717, 1.165) is 72.6 Å². The topological polar surface area (TPSA) is 51.8 Å². The summed E-state index contributed by atoms with van der Waals surface area (Å²) >= 11 is 0. The van der Waals surface area contributed by atoms with Gasteiger partial charge in [-0.3, -0.25) is 0 Å². The number of hydrogen-bond acceptors (Lipinski definition) is 4. The van der Waals surface area contributed by atoms with Gasteiger partial charge in [0.05, 0.1) is 0 Å². The maximum Gasteiger partial charge on any atom is 0.164 e. The molecule has 1 atom stereocenters. The van der Waals surface area contributed by atoms with Crippen LogP contribution in [0, 0.1) is 0 Å². The highest BCUT2D eigenvalue weighted by molar-refractivity contribution is 6.16. The molecular weight excluding hydrogens is 599 g/mol. The van der Waals surface area contributed by atoms with Crippen LogP contribution in [-0.4, -0.2) is 15.0 Å². The van der Waals surface area contributed by atoms with Crippen LogP contribution in [0.15, 0.2) is 162 Å². The molecule has 7 aromatic carbocycles. The Hall–Kier alpha value is -6.39. The Balaban J connectivity index is 1.17. The molecule has 0 saturated carbocycles. The van der Waals surface area contributed by atoms with Crippen molar-refractivity contribution in [3.05, 3.63) is 164 Å². The Labute approximate surface area is 282 Å². The second kappa shape index (κ2) is 11.1. The maximum absolute atomic E-state index is 6.26. The van der Waals surface area contributed by atoms with Crippen molar-refractivity contribution in [3.63, 3.8) is 0 Å². The molecule has 0 aliphatic heterocycles. The number of rotatable bonds is 4. The lowest BCUT2D eigenvalue weighted by molar-refractivity contribution is 0.669. The highest BCUT2D eigenvalue weighted by atomic mass is 16.3. The van der Waals surface area contributed by atoms with Crippen molar-refractivity contribution >= 4 is 54.3 Å². The van der Waals surface area contributed by atoms with Crippen molar-refractivity contribution in [2.45, 2.75) is 12.3 Å². The summed E-state index contributed by atoms with van der Waals surface area (Å²) in [7, 11) is 0. The first-order chi connectivity index (χ1) is 24.3. The molecule has 1 aliphatic carbocycles. The van der Waals surface area contributed by atoms with Gasteiger partial charge in [-0.05, 0) is 74.1 Å². The summed E-state index contributed by atoms with van der Waals surface area (Å²) in [5, 5.41) is 9.34. The number of para-hydroxylation sites is 1. The molecule has 9 aromatic rings. The van der Waals surface area contributed by atoms with Crippen LogP contribution in [0.5, 0.6) is 0 Å². The van der Waals surface area contributed by atoms with Crippen LogP contribution in [0.1, 0.15) is 18.2 Å². The van der Waals surface area contributed by atoms with Crippen molar-refractivity contribution in [2.24, 2.45) is 0 Å². The van der Waals surface area contributed by atoms with Gasteiger partial charge in [-0.25, -0.2) is 15.0 Å². The minimum atomic E-state index is 0.0763. The van der Waals surface area contributed by atoms with Crippen LogP contribution >= 0.6 is 0 Å². The summed E-state index contributed by atoms with van der Waals surface area (Å²) in [6.45, 7) is 0. The fourth-order valence-electron chi connectivity index (χ4n) is 7.46. The Morgan fingerprint density at radius 1 is 0.490 bits per heavy atom. The van der Waals surface area contributed by atoms with Crippen LogP contribution in [0.25, 0.3) is 88.2 Å². The van der Waals surface area contributed by atoms with Gasteiger partial charge in [0, 0.05) is 27.8 Å². The summed E-state index contributed by atoms with van der Waals surface area (Å²) in [6, 6.07) is 47.0. The second-order valence-corrected chi connectivity index (χ2v) is 12.7. The molecular formula is C45H29N3O. The maximum atomic E-state index is 6.26. The van der Waals surface area contributed by atoms with E-state index in [1.54, 1.807) is 0 Å². The molecule has 1 unspecified atom stereocenters. The van der Waals surface area contributed by atoms with E-state index in [0.29, 0.717) is 11.6 Å². The molecule has 0 N–H and O–H groups in total. The molecule has 230 valence electrons. The third-order valence-corrected chi connectivity index (χ3v) is 9.83. The molecule has 10 rings (SSSR count). The largest absolute Gasteiger partial charge is 0.456 e. The number of nitrogens with zero attached hydrogens (tertiary/aromatic N) is 3. The highest BCUT2D eigenvalue weighted by Crippen LogP contribution is 2.41. The molecule has 0 saturated heterocycles. The second-order valence-electron chi connectivity index (χ2n) is 12.7. The van der Waals surface area contributed by atoms with E-state index in [4.69, 9.17) is 19.4 Å². The zero-order valence-corrected chi connectivity index (χ0v) is 26.5.